The third kappa shape index (κ3) is 4.58. The average Bonchev–Trinajstić information content (AvgIpc) is 1.91. The van der Waals surface area contributed by atoms with E-state index < -0.39 is 12.2 Å². The van der Waals surface area contributed by atoms with Crippen LogP contribution in [-0.2, 0) is 0 Å². The molecule has 0 saturated heterocycles. The summed E-state index contributed by atoms with van der Waals surface area (Å²) in [6.45, 7) is 0. The summed E-state index contributed by atoms with van der Waals surface area (Å²) >= 11 is 0. The summed E-state index contributed by atoms with van der Waals surface area (Å²) in [4.78, 5) is 0. The Morgan fingerprint density at radius 3 is 1.20 bits per heavy atom. The van der Waals surface area contributed by atoms with Gasteiger partial charge in [-0.1, -0.05) is 0 Å². The molecule has 0 aromatic carbocycles. The largest absolute Gasteiger partial charge is 0.390 e. The number of rotatable bonds is 0. The monoisotopic (exact) mass is 210 g/mol. The van der Waals surface area contributed by atoms with Crippen molar-refractivity contribution in [3.8, 4) is 0 Å². The zero-order valence-electron chi connectivity index (χ0n) is 5.40. The van der Waals surface area contributed by atoms with Crippen molar-refractivity contribution in [2.45, 2.75) is 31.5 Å². The van der Waals surface area contributed by atoms with Gasteiger partial charge in [0.2, 0.25) is 0 Å². The number of hydrogen-bond donors (Lipinski definition) is 2. The first-order chi connectivity index (χ1) is 3.30. The van der Waals surface area contributed by atoms with E-state index in [0.717, 1.165) is 19.3 Å². The Morgan fingerprint density at radius 1 is 0.800 bits per heavy atom. The topological polar surface area (TPSA) is 40.5 Å². The van der Waals surface area contributed by atoms with Crippen LogP contribution in [0.25, 0.3) is 0 Å². The second-order valence-corrected chi connectivity index (χ2v) is 2.07. The molecule has 2 N–H and O–H groups in total. The minimum atomic E-state index is -0.431. The molecule has 5 heteroatoms. The number of aliphatic hydroxyl groups is 2. The smallest absolute Gasteiger partial charge is 0.0799 e. The van der Waals surface area contributed by atoms with Gasteiger partial charge in [0.1, 0.15) is 0 Å². The normalized spacial score (nSPS) is 29.4. The van der Waals surface area contributed by atoms with Gasteiger partial charge in [-0.25, -0.2) is 0 Å². The molecule has 0 radical (unpaired) electrons. The Labute approximate surface area is 79.2 Å². The molecule has 66 valence electrons. The lowest BCUT2D eigenvalue weighted by Crippen LogP contribution is -2.17. The summed E-state index contributed by atoms with van der Waals surface area (Å²) in [5, 5.41) is 17.5. The van der Waals surface area contributed by atoms with Crippen LogP contribution in [0.15, 0.2) is 0 Å². The maximum atomic E-state index is 8.75. The van der Waals surface area contributed by atoms with Gasteiger partial charge in [0, 0.05) is 0 Å². The zero-order valence-corrected chi connectivity index (χ0v) is 7.84. The Kier molecular flexibility index (Phi) is 13.4. The molecule has 0 aliphatic heterocycles. The van der Waals surface area contributed by atoms with Crippen LogP contribution in [0.3, 0.4) is 0 Å². The van der Waals surface area contributed by atoms with Gasteiger partial charge in [0.05, 0.1) is 12.2 Å². The first-order valence-electron chi connectivity index (χ1n) is 2.67. The minimum absolute atomic E-state index is 0. The van der Waals surface area contributed by atoms with Crippen LogP contribution in [0.4, 0.5) is 0 Å². The van der Waals surface area contributed by atoms with E-state index in [9.17, 15) is 0 Å². The van der Waals surface area contributed by atoms with E-state index in [1.165, 1.54) is 0 Å². The standard InChI is InChI=1S/C5H10O2.3ClH/c6-4-2-1-3-5(4)7;;;/h4-7H,1-3H2;3*1H. The summed E-state index contributed by atoms with van der Waals surface area (Å²) in [6.07, 6.45) is 1.67. The first kappa shape index (κ1) is 17.0. The molecule has 1 saturated carbocycles. The van der Waals surface area contributed by atoms with Crippen LogP contribution < -0.4 is 0 Å². The van der Waals surface area contributed by atoms with Crippen LogP contribution in [0.5, 0.6) is 0 Å². The van der Waals surface area contributed by atoms with Gasteiger partial charge in [-0.15, -0.1) is 37.2 Å². The lowest BCUT2D eigenvalue weighted by atomic mass is 10.3. The summed E-state index contributed by atoms with van der Waals surface area (Å²) in [5.41, 5.74) is 0. The Morgan fingerprint density at radius 2 is 1.10 bits per heavy atom. The molecule has 0 aromatic rings. The van der Waals surface area contributed by atoms with Crippen LogP contribution in [-0.4, -0.2) is 22.4 Å². The fourth-order valence-electron chi connectivity index (χ4n) is 0.921. The van der Waals surface area contributed by atoms with Crippen molar-refractivity contribution < 1.29 is 10.2 Å². The fourth-order valence-corrected chi connectivity index (χ4v) is 0.921. The van der Waals surface area contributed by atoms with E-state index in [1.54, 1.807) is 0 Å². The van der Waals surface area contributed by atoms with Gasteiger partial charge in [0.15, 0.2) is 0 Å². The van der Waals surface area contributed by atoms with Crippen molar-refractivity contribution in [2.24, 2.45) is 0 Å². The molecule has 1 aliphatic rings. The summed E-state index contributed by atoms with van der Waals surface area (Å²) in [6, 6.07) is 0. The van der Waals surface area contributed by atoms with Gasteiger partial charge >= 0.3 is 0 Å². The molecule has 1 aliphatic carbocycles. The minimum Gasteiger partial charge on any atom is -0.390 e. The van der Waals surface area contributed by atoms with E-state index in [1.807, 2.05) is 0 Å². The van der Waals surface area contributed by atoms with Gasteiger partial charge in [-0.3, -0.25) is 0 Å². The van der Waals surface area contributed by atoms with Gasteiger partial charge in [-0.2, -0.15) is 0 Å². The Balaban J connectivity index is -0.000000163. The highest BCUT2D eigenvalue weighted by atomic mass is 35.5. The molecule has 0 bridgehead atoms. The van der Waals surface area contributed by atoms with Crippen molar-refractivity contribution in [1.82, 2.24) is 0 Å². The van der Waals surface area contributed by atoms with E-state index in [4.69, 9.17) is 10.2 Å². The molecule has 2 nitrogen and oxygen atoms in total. The molecular formula is C5H13Cl3O2. The second kappa shape index (κ2) is 7.89. The predicted octanol–water partition coefficient (Wildman–Crippen LogP) is 1.16. The fraction of sp³-hybridized carbons (Fsp3) is 1.00. The first-order valence-corrected chi connectivity index (χ1v) is 2.67. The van der Waals surface area contributed by atoms with Crippen molar-refractivity contribution in [2.75, 3.05) is 0 Å². The number of aliphatic hydroxyl groups excluding tert-OH is 2. The number of halogens is 3. The SMILES string of the molecule is Cl.Cl.Cl.OC1CCCC1O. The van der Waals surface area contributed by atoms with Crippen molar-refractivity contribution in [1.29, 1.82) is 0 Å². The average molecular weight is 212 g/mol. The van der Waals surface area contributed by atoms with Gasteiger partial charge in [0.25, 0.3) is 0 Å². The summed E-state index contributed by atoms with van der Waals surface area (Å²) < 4.78 is 0. The Bertz CT molecular complexity index is 63.9. The van der Waals surface area contributed by atoms with E-state index in [-0.39, 0.29) is 37.2 Å². The lowest BCUT2D eigenvalue weighted by molar-refractivity contribution is 0.0438. The van der Waals surface area contributed by atoms with Crippen LogP contribution >= 0.6 is 37.2 Å². The highest BCUT2D eigenvalue weighted by Crippen LogP contribution is 2.17. The quantitative estimate of drug-likeness (QED) is 0.631. The van der Waals surface area contributed by atoms with E-state index in [2.05, 4.69) is 0 Å². The molecule has 10 heavy (non-hydrogen) atoms. The molecule has 1 rings (SSSR count). The summed E-state index contributed by atoms with van der Waals surface area (Å²) in [5.74, 6) is 0. The van der Waals surface area contributed by atoms with E-state index >= 15 is 0 Å². The lowest BCUT2D eigenvalue weighted by Gasteiger charge is -2.03. The molecular weight excluding hydrogens is 198 g/mol. The second-order valence-electron chi connectivity index (χ2n) is 2.07. The zero-order chi connectivity index (χ0) is 5.28. The molecule has 2 unspecified atom stereocenters. The Hall–Kier alpha value is 0.790. The molecule has 2 atom stereocenters. The molecule has 0 aromatic heterocycles. The van der Waals surface area contributed by atoms with E-state index in [0.29, 0.717) is 0 Å². The molecule has 0 spiro atoms. The molecule has 0 heterocycles. The van der Waals surface area contributed by atoms with Crippen molar-refractivity contribution >= 4 is 37.2 Å². The number of hydrogen-bond acceptors (Lipinski definition) is 2. The highest BCUT2D eigenvalue weighted by molar-refractivity contribution is 5.86. The van der Waals surface area contributed by atoms with Crippen LogP contribution in [0, 0.1) is 0 Å². The van der Waals surface area contributed by atoms with Crippen molar-refractivity contribution in [3.63, 3.8) is 0 Å². The van der Waals surface area contributed by atoms with Gasteiger partial charge < -0.3 is 10.2 Å². The van der Waals surface area contributed by atoms with Crippen LogP contribution in [0.1, 0.15) is 19.3 Å². The third-order valence-electron chi connectivity index (χ3n) is 1.44. The summed E-state index contributed by atoms with van der Waals surface area (Å²) in [7, 11) is 0. The predicted molar refractivity (Wildman–Crippen MR) is 47.6 cm³/mol. The maximum absolute atomic E-state index is 8.75. The molecule has 1 fully saturated rings. The highest BCUT2D eigenvalue weighted by Gasteiger charge is 2.21. The van der Waals surface area contributed by atoms with Gasteiger partial charge in [-0.05, 0) is 19.3 Å². The van der Waals surface area contributed by atoms with Crippen LogP contribution in [0.2, 0.25) is 0 Å². The molecule has 0 amide bonds. The third-order valence-corrected chi connectivity index (χ3v) is 1.44. The van der Waals surface area contributed by atoms with Crippen molar-refractivity contribution in [3.05, 3.63) is 0 Å². The maximum Gasteiger partial charge on any atom is 0.0799 e.